The number of nitrogens with zero attached hydrogens (tertiary/aromatic N) is 1. The van der Waals surface area contributed by atoms with E-state index in [1.54, 1.807) is 48.3 Å². The molecule has 0 saturated heterocycles. The van der Waals surface area contributed by atoms with Gasteiger partial charge in [0.2, 0.25) is 11.8 Å². The quantitative estimate of drug-likeness (QED) is 0.795. The Hall–Kier alpha value is -2.44. The van der Waals surface area contributed by atoms with Gasteiger partial charge < -0.3 is 10.6 Å². The number of anilines is 1. The summed E-state index contributed by atoms with van der Waals surface area (Å²) in [7, 11) is 1.68. The van der Waals surface area contributed by atoms with Crippen LogP contribution < -0.4 is 10.6 Å². The number of benzene rings is 2. The Labute approximate surface area is 150 Å². The lowest BCUT2D eigenvalue weighted by molar-refractivity contribution is -0.123. The molecule has 0 aliphatic heterocycles. The molecule has 0 fully saturated rings. The number of rotatable bonds is 7. The summed E-state index contributed by atoms with van der Waals surface area (Å²) >= 11 is 5.79. The van der Waals surface area contributed by atoms with E-state index in [2.05, 4.69) is 10.6 Å². The first kappa shape index (κ1) is 18.9. The first-order valence-corrected chi connectivity index (χ1v) is 8.05. The summed E-state index contributed by atoms with van der Waals surface area (Å²) in [5.74, 6) is -0.760. The average Bonchev–Trinajstić information content (AvgIpc) is 2.56. The molecule has 0 bridgehead atoms. The fourth-order valence-electron chi connectivity index (χ4n) is 2.14. The van der Waals surface area contributed by atoms with Crippen LogP contribution in [0, 0.1) is 5.82 Å². The van der Waals surface area contributed by atoms with Gasteiger partial charge in [-0.15, -0.1) is 0 Å². The Bertz CT molecular complexity index is 720. The van der Waals surface area contributed by atoms with E-state index in [1.165, 1.54) is 12.1 Å². The zero-order chi connectivity index (χ0) is 18.2. The van der Waals surface area contributed by atoms with E-state index in [4.69, 9.17) is 11.6 Å². The molecule has 0 aromatic heterocycles. The monoisotopic (exact) mass is 363 g/mol. The molecule has 0 aliphatic carbocycles. The standard InChI is InChI=1S/C18H19ClFN3O2/c1-23(12-18(25)22-16-8-4-14(19)5-9-16)11-17(24)21-10-13-2-6-15(20)7-3-13/h2-9H,10-12H2,1H3,(H,21,24)(H,22,25). The number of hydrogen-bond acceptors (Lipinski definition) is 3. The third-order valence-corrected chi connectivity index (χ3v) is 3.61. The predicted octanol–water partition coefficient (Wildman–Crippen LogP) is 2.67. The number of hydrogen-bond donors (Lipinski definition) is 2. The molecule has 132 valence electrons. The summed E-state index contributed by atoms with van der Waals surface area (Å²) in [4.78, 5) is 25.4. The van der Waals surface area contributed by atoms with Gasteiger partial charge >= 0.3 is 0 Å². The van der Waals surface area contributed by atoms with Gasteiger partial charge in [-0.05, 0) is 49.0 Å². The SMILES string of the molecule is CN(CC(=O)NCc1ccc(F)cc1)CC(=O)Nc1ccc(Cl)cc1. The average molecular weight is 364 g/mol. The van der Waals surface area contributed by atoms with E-state index < -0.39 is 0 Å². The number of carbonyl (C=O) groups excluding carboxylic acids is 2. The van der Waals surface area contributed by atoms with Crippen LogP contribution in [-0.4, -0.2) is 36.9 Å². The molecule has 2 aromatic carbocycles. The van der Waals surface area contributed by atoms with Crippen LogP contribution in [0.1, 0.15) is 5.56 Å². The van der Waals surface area contributed by atoms with Crippen LogP contribution in [0.5, 0.6) is 0 Å². The normalized spacial score (nSPS) is 10.6. The van der Waals surface area contributed by atoms with Crippen LogP contribution in [0.4, 0.5) is 10.1 Å². The highest BCUT2D eigenvalue weighted by Crippen LogP contribution is 2.13. The van der Waals surface area contributed by atoms with Gasteiger partial charge in [-0.25, -0.2) is 4.39 Å². The number of nitrogens with one attached hydrogen (secondary N) is 2. The Kier molecular flexibility index (Phi) is 6.91. The Morgan fingerprint density at radius 1 is 1.00 bits per heavy atom. The molecule has 0 atom stereocenters. The molecule has 2 N–H and O–H groups in total. The van der Waals surface area contributed by atoms with Crippen molar-refractivity contribution in [3.05, 3.63) is 64.9 Å². The zero-order valence-electron chi connectivity index (χ0n) is 13.8. The number of halogens is 2. The molecule has 2 aromatic rings. The van der Waals surface area contributed by atoms with E-state index in [9.17, 15) is 14.0 Å². The van der Waals surface area contributed by atoms with Crippen LogP contribution in [0.15, 0.2) is 48.5 Å². The van der Waals surface area contributed by atoms with E-state index in [0.29, 0.717) is 17.3 Å². The summed E-state index contributed by atoms with van der Waals surface area (Å²) in [6.07, 6.45) is 0. The van der Waals surface area contributed by atoms with Crippen LogP contribution in [-0.2, 0) is 16.1 Å². The van der Waals surface area contributed by atoms with Crippen molar-refractivity contribution in [2.75, 3.05) is 25.5 Å². The summed E-state index contributed by atoms with van der Waals surface area (Å²) < 4.78 is 12.8. The second-order valence-corrected chi connectivity index (χ2v) is 6.07. The smallest absolute Gasteiger partial charge is 0.238 e. The topological polar surface area (TPSA) is 61.4 Å². The van der Waals surface area contributed by atoms with Gasteiger partial charge in [0.15, 0.2) is 0 Å². The maximum atomic E-state index is 12.8. The van der Waals surface area contributed by atoms with Crippen LogP contribution in [0.3, 0.4) is 0 Å². The highest BCUT2D eigenvalue weighted by atomic mass is 35.5. The van der Waals surface area contributed by atoms with Crippen LogP contribution in [0.25, 0.3) is 0 Å². The van der Waals surface area contributed by atoms with Crippen molar-refractivity contribution >= 4 is 29.1 Å². The third kappa shape index (κ3) is 6.91. The molecular weight excluding hydrogens is 345 g/mol. The zero-order valence-corrected chi connectivity index (χ0v) is 14.5. The summed E-state index contributed by atoms with van der Waals surface area (Å²) in [6.45, 7) is 0.464. The van der Waals surface area contributed by atoms with Crippen LogP contribution in [0.2, 0.25) is 5.02 Å². The van der Waals surface area contributed by atoms with Gasteiger partial charge in [0.05, 0.1) is 13.1 Å². The van der Waals surface area contributed by atoms with Crippen molar-refractivity contribution in [3.8, 4) is 0 Å². The van der Waals surface area contributed by atoms with Crippen molar-refractivity contribution in [2.24, 2.45) is 0 Å². The molecule has 0 radical (unpaired) electrons. The lowest BCUT2D eigenvalue weighted by Gasteiger charge is -2.16. The molecular formula is C18H19ClFN3O2. The minimum atomic E-state index is -0.318. The fraction of sp³-hybridized carbons (Fsp3) is 0.222. The molecule has 5 nitrogen and oxygen atoms in total. The summed E-state index contributed by atoms with van der Waals surface area (Å²) in [6, 6.07) is 12.7. The second kappa shape index (κ2) is 9.15. The number of amides is 2. The molecule has 0 spiro atoms. The molecule has 0 unspecified atom stereocenters. The lowest BCUT2D eigenvalue weighted by atomic mass is 10.2. The van der Waals surface area contributed by atoms with E-state index in [0.717, 1.165) is 5.56 Å². The van der Waals surface area contributed by atoms with Crippen molar-refractivity contribution in [1.82, 2.24) is 10.2 Å². The maximum absolute atomic E-state index is 12.8. The lowest BCUT2D eigenvalue weighted by Crippen LogP contribution is -2.38. The van der Waals surface area contributed by atoms with Gasteiger partial charge in [-0.3, -0.25) is 14.5 Å². The van der Waals surface area contributed by atoms with Gasteiger partial charge in [-0.2, -0.15) is 0 Å². The predicted molar refractivity (Wildman–Crippen MR) is 95.8 cm³/mol. The first-order valence-electron chi connectivity index (χ1n) is 7.67. The number of carbonyl (C=O) groups is 2. The summed E-state index contributed by atoms with van der Waals surface area (Å²) in [5, 5.41) is 6.05. The second-order valence-electron chi connectivity index (χ2n) is 5.63. The molecule has 2 rings (SSSR count). The van der Waals surface area contributed by atoms with Crippen molar-refractivity contribution < 1.29 is 14.0 Å². The maximum Gasteiger partial charge on any atom is 0.238 e. The minimum absolute atomic E-state index is 0.0760. The van der Waals surface area contributed by atoms with Crippen molar-refractivity contribution in [1.29, 1.82) is 0 Å². The van der Waals surface area contributed by atoms with Crippen molar-refractivity contribution in [2.45, 2.75) is 6.54 Å². The molecule has 25 heavy (non-hydrogen) atoms. The van der Waals surface area contributed by atoms with E-state index in [1.807, 2.05) is 0 Å². The largest absolute Gasteiger partial charge is 0.351 e. The van der Waals surface area contributed by atoms with E-state index in [-0.39, 0.29) is 30.7 Å². The molecule has 0 aliphatic rings. The minimum Gasteiger partial charge on any atom is -0.351 e. The van der Waals surface area contributed by atoms with Gasteiger partial charge in [0, 0.05) is 17.3 Å². The summed E-state index contributed by atoms with van der Waals surface area (Å²) in [5.41, 5.74) is 1.45. The van der Waals surface area contributed by atoms with Gasteiger partial charge in [0.1, 0.15) is 5.82 Å². The van der Waals surface area contributed by atoms with Gasteiger partial charge in [-0.1, -0.05) is 23.7 Å². The molecule has 2 amide bonds. The van der Waals surface area contributed by atoms with Crippen molar-refractivity contribution in [3.63, 3.8) is 0 Å². The highest BCUT2D eigenvalue weighted by molar-refractivity contribution is 6.30. The molecule has 7 heteroatoms. The Morgan fingerprint density at radius 3 is 2.24 bits per heavy atom. The molecule has 0 heterocycles. The third-order valence-electron chi connectivity index (χ3n) is 3.36. The Morgan fingerprint density at radius 2 is 1.60 bits per heavy atom. The van der Waals surface area contributed by atoms with Gasteiger partial charge in [0.25, 0.3) is 0 Å². The fourth-order valence-corrected chi connectivity index (χ4v) is 2.26. The molecule has 0 saturated carbocycles. The van der Waals surface area contributed by atoms with Crippen LogP contribution >= 0.6 is 11.6 Å². The van der Waals surface area contributed by atoms with E-state index >= 15 is 0 Å². The first-order chi connectivity index (χ1) is 11.9. The number of likely N-dealkylation sites (N-methyl/N-ethyl adjacent to an activating group) is 1. The Balaban J connectivity index is 1.72. The highest BCUT2D eigenvalue weighted by Gasteiger charge is 2.11.